The molecule has 0 aliphatic heterocycles. The fourth-order valence-corrected chi connectivity index (χ4v) is 1.47. The third-order valence-corrected chi connectivity index (χ3v) is 2.62. The minimum Gasteiger partial charge on any atom is -0.478 e. The molecule has 2 N–H and O–H groups in total. The third kappa shape index (κ3) is 2.89. The van der Waals surface area contributed by atoms with Crippen LogP contribution in [0.3, 0.4) is 0 Å². The van der Waals surface area contributed by atoms with E-state index in [1.54, 1.807) is 7.05 Å². The number of carbonyl (C=O) groups excluding carboxylic acids is 1. The average molecular weight is 273 g/mol. The number of carbonyl (C=O) groups is 2. The molecule has 7 nitrogen and oxygen atoms in total. The van der Waals surface area contributed by atoms with Gasteiger partial charge in [-0.15, -0.1) is 0 Å². The van der Waals surface area contributed by atoms with Crippen molar-refractivity contribution in [3.05, 3.63) is 58.1 Å². The van der Waals surface area contributed by atoms with E-state index in [2.05, 4.69) is 10.3 Å². The summed E-state index contributed by atoms with van der Waals surface area (Å²) in [6.07, 6.45) is 2.63. The monoisotopic (exact) mass is 273 g/mol. The molecule has 0 aromatic carbocycles. The topological polar surface area (TPSA) is 101 Å². The predicted octanol–water partition coefficient (Wildman–Crippen LogP) is 0.731. The van der Waals surface area contributed by atoms with E-state index in [-0.39, 0.29) is 22.5 Å². The molecule has 0 atom stereocenters. The summed E-state index contributed by atoms with van der Waals surface area (Å²) in [7, 11) is 1.58. The predicted molar refractivity (Wildman–Crippen MR) is 70.8 cm³/mol. The van der Waals surface area contributed by atoms with Gasteiger partial charge in [-0.3, -0.25) is 9.59 Å². The molecule has 0 unspecified atom stereocenters. The Kier molecular flexibility index (Phi) is 3.60. The summed E-state index contributed by atoms with van der Waals surface area (Å²) < 4.78 is 1.34. The van der Waals surface area contributed by atoms with Crippen molar-refractivity contribution in [2.24, 2.45) is 7.05 Å². The largest absolute Gasteiger partial charge is 0.478 e. The van der Waals surface area contributed by atoms with E-state index in [0.29, 0.717) is 0 Å². The number of anilines is 1. The molecule has 102 valence electrons. The molecule has 0 aliphatic rings. The molecule has 0 saturated carbocycles. The first kappa shape index (κ1) is 13.5. The van der Waals surface area contributed by atoms with Crippen molar-refractivity contribution in [3.63, 3.8) is 0 Å². The van der Waals surface area contributed by atoms with Crippen LogP contribution in [0.5, 0.6) is 0 Å². The lowest BCUT2D eigenvalue weighted by molar-refractivity contribution is 0.0696. The fraction of sp³-hybridized carbons (Fsp3) is 0.0769. The van der Waals surface area contributed by atoms with E-state index in [1.165, 1.54) is 35.0 Å². The quantitative estimate of drug-likeness (QED) is 0.858. The maximum absolute atomic E-state index is 11.9. The molecule has 20 heavy (non-hydrogen) atoms. The van der Waals surface area contributed by atoms with Gasteiger partial charge in [0.05, 0.1) is 5.56 Å². The highest BCUT2D eigenvalue weighted by atomic mass is 16.4. The van der Waals surface area contributed by atoms with Crippen molar-refractivity contribution in [1.82, 2.24) is 9.55 Å². The van der Waals surface area contributed by atoms with Crippen LogP contribution in [0.2, 0.25) is 0 Å². The van der Waals surface area contributed by atoms with Crippen LogP contribution >= 0.6 is 0 Å². The molecule has 0 fully saturated rings. The molecule has 0 saturated heterocycles. The maximum atomic E-state index is 11.9. The van der Waals surface area contributed by atoms with Gasteiger partial charge in [0, 0.05) is 31.1 Å². The SMILES string of the molecule is Cn1ccc(C(=O)Nc2ccc(C(=O)O)cn2)cc1=O. The molecule has 0 bridgehead atoms. The standard InChI is InChI=1S/C13H11N3O4/c1-16-5-4-8(6-11(16)17)12(18)15-10-3-2-9(7-14-10)13(19)20/h2-7H,1H3,(H,19,20)(H,14,15,18). The molecule has 0 radical (unpaired) electrons. The highest BCUT2D eigenvalue weighted by Gasteiger charge is 2.09. The molecular formula is C13H11N3O4. The Balaban J connectivity index is 2.16. The van der Waals surface area contributed by atoms with Gasteiger partial charge in [0.2, 0.25) is 0 Å². The van der Waals surface area contributed by atoms with Gasteiger partial charge in [0.15, 0.2) is 0 Å². The molecule has 2 aromatic rings. The van der Waals surface area contributed by atoms with Crippen LogP contribution in [-0.2, 0) is 7.05 Å². The van der Waals surface area contributed by atoms with E-state index in [9.17, 15) is 14.4 Å². The number of nitrogens with zero attached hydrogens (tertiary/aromatic N) is 2. The summed E-state index contributed by atoms with van der Waals surface area (Å²) in [5.74, 6) is -1.37. The van der Waals surface area contributed by atoms with Gasteiger partial charge in [-0.1, -0.05) is 0 Å². The molecule has 1 amide bonds. The van der Waals surface area contributed by atoms with Crippen LogP contribution in [0.25, 0.3) is 0 Å². The molecule has 2 rings (SSSR count). The highest BCUT2D eigenvalue weighted by molar-refractivity contribution is 6.03. The van der Waals surface area contributed by atoms with Crippen molar-refractivity contribution in [2.75, 3.05) is 5.32 Å². The first-order chi connectivity index (χ1) is 9.47. The average Bonchev–Trinajstić information content (AvgIpc) is 2.42. The summed E-state index contributed by atoms with van der Waals surface area (Å²) in [5, 5.41) is 11.2. The number of carboxylic acid groups (broad SMARTS) is 1. The van der Waals surface area contributed by atoms with Crippen molar-refractivity contribution in [1.29, 1.82) is 0 Å². The Morgan fingerprint density at radius 3 is 2.55 bits per heavy atom. The Bertz CT molecular complexity index is 719. The minimum absolute atomic E-state index is 0.0246. The Morgan fingerprint density at radius 2 is 2.00 bits per heavy atom. The van der Waals surface area contributed by atoms with Gasteiger partial charge in [-0.25, -0.2) is 9.78 Å². The fourth-order valence-electron chi connectivity index (χ4n) is 1.47. The zero-order valence-corrected chi connectivity index (χ0v) is 10.5. The van der Waals surface area contributed by atoms with E-state index < -0.39 is 11.9 Å². The molecule has 2 aromatic heterocycles. The molecular weight excluding hydrogens is 262 g/mol. The van der Waals surface area contributed by atoms with Gasteiger partial charge in [-0.05, 0) is 18.2 Å². The lowest BCUT2D eigenvalue weighted by Gasteiger charge is -2.05. The van der Waals surface area contributed by atoms with Crippen LogP contribution in [-0.4, -0.2) is 26.5 Å². The summed E-state index contributed by atoms with van der Waals surface area (Å²) in [5.41, 5.74) is -0.0689. The number of amides is 1. The first-order valence-corrected chi connectivity index (χ1v) is 5.65. The molecule has 2 heterocycles. The number of pyridine rings is 2. The Labute approximate surface area is 113 Å². The van der Waals surface area contributed by atoms with Crippen LogP contribution in [0.1, 0.15) is 20.7 Å². The molecule has 0 aliphatic carbocycles. The summed E-state index contributed by atoms with van der Waals surface area (Å²) in [6, 6.07) is 5.42. The Hall–Kier alpha value is -2.96. The van der Waals surface area contributed by atoms with Crippen LogP contribution in [0.15, 0.2) is 41.5 Å². The zero-order valence-electron chi connectivity index (χ0n) is 10.5. The number of rotatable bonds is 3. The lowest BCUT2D eigenvalue weighted by atomic mass is 10.2. The smallest absolute Gasteiger partial charge is 0.337 e. The van der Waals surface area contributed by atoms with Crippen LogP contribution < -0.4 is 10.9 Å². The number of hydrogen-bond donors (Lipinski definition) is 2. The van der Waals surface area contributed by atoms with Gasteiger partial charge < -0.3 is 15.0 Å². The van der Waals surface area contributed by atoms with Crippen molar-refractivity contribution in [2.45, 2.75) is 0 Å². The lowest BCUT2D eigenvalue weighted by Crippen LogP contribution is -2.20. The van der Waals surface area contributed by atoms with Crippen LogP contribution in [0.4, 0.5) is 5.82 Å². The second-order valence-corrected chi connectivity index (χ2v) is 4.06. The minimum atomic E-state index is -1.10. The number of nitrogens with one attached hydrogen (secondary N) is 1. The van der Waals surface area contributed by atoms with E-state index >= 15 is 0 Å². The van der Waals surface area contributed by atoms with Gasteiger partial charge in [0.25, 0.3) is 11.5 Å². The normalized spacial score (nSPS) is 10.1. The molecule has 0 spiro atoms. The second kappa shape index (κ2) is 5.35. The van der Waals surface area contributed by atoms with Crippen molar-refractivity contribution in [3.8, 4) is 0 Å². The number of carboxylic acids is 1. The summed E-state index contributed by atoms with van der Waals surface area (Å²) >= 11 is 0. The number of aromatic carboxylic acids is 1. The van der Waals surface area contributed by atoms with Crippen molar-refractivity contribution >= 4 is 17.7 Å². The zero-order chi connectivity index (χ0) is 14.7. The number of aryl methyl sites for hydroxylation is 1. The first-order valence-electron chi connectivity index (χ1n) is 5.65. The van der Waals surface area contributed by atoms with Gasteiger partial charge in [-0.2, -0.15) is 0 Å². The number of hydrogen-bond acceptors (Lipinski definition) is 4. The van der Waals surface area contributed by atoms with E-state index in [1.807, 2.05) is 0 Å². The highest BCUT2D eigenvalue weighted by Crippen LogP contribution is 2.07. The van der Waals surface area contributed by atoms with Gasteiger partial charge >= 0.3 is 5.97 Å². The van der Waals surface area contributed by atoms with E-state index in [0.717, 1.165) is 6.20 Å². The maximum Gasteiger partial charge on any atom is 0.337 e. The van der Waals surface area contributed by atoms with Crippen molar-refractivity contribution < 1.29 is 14.7 Å². The number of aromatic nitrogens is 2. The summed E-state index contributed by atoms with van der Waals surface area (Å²) in [4.78, 5) is 37.8. The summed E-state index contributed by atoms with van der Waals surface area (Å²) in [6.45, 7) is 0. The van der Waals surface area contributed by atoms with E-state index in [4.69, 9.17) is 5.11 Å². The van der Waals surface area contributed by atoms with Gasteiger partial charge in [0.1, 0.15) is 5.82 Å². The third-order valence-electron chi connectivity index (χ3n) is 2.62. The second-order valence-electron chi connectivity index (χ2n) is 4.06. The Morgan fingerprint density at radius 1 is 1.25 bits per heavy atom. The molecule has 7 heteroatoms. The van der Waals surface area contributed by atoms with Crippen LogP contribution in [0, 0.1) is 0 Å².